The van der Waals surface area contributed by atoms with Gasteiger partial charge in [-0.05, 0) is 0 Å². The van der Waals surface area contributed by atoms with Gasteiger partial charge >= 0.3 is 6.73 Å². The van der Waals surface area contributed by atoms with Crippen LogP contribution in [0.3, 0.4) is 0 Å². The van der Waals surface area contributed by atoms with Crippen molar-refractivity contribution in [3.8, 4) is 0 Å². The number of ether oxygens (including phenoxy) is 1. The van der Waals surface area contributed by atoms with Crippen LogP contribution in [0.1, 0.15) is 0 Å². The monoisotopic (exact) mass is 82.0 g/mol. The molecule has 1 aliphatic heterocycles. The quantitative estimate of drug-likeness (QED) is 0.407. The SMILES string of the molecule is [C]1N=CN=CO1. The van der Waals surface area contributed by atoms with E-state index in [-0.39, 0.29) is 0 Å². The Hall–Kier alpha value is -0.860. The summed E-state index contributed by atoms with van der Waals surface area (Å²) in [6, 6.07) is 0. The molecule has 30 valence electrons. The minimum absolute atomic E-state index is 1.26. The molecule has 0 saturated carbocycles. The third kappa shape index (κ3) is 0.544. The highest BCUT2D eigenvalue weighted by Crippen LogP contribution is 1.82. The van der Waals surface area contributed by atoms with Crippen molar-refractivity contribution in [2.45, 2.75) is 0 Å². The van der Waals surface area contributed by atoms with Crippen LogP contribution in [0.15, 0.2) is 9.98 Å². The summed E-state index contributed by atoms with van der Waals surface area (Å²) in [5, 5.41) is 0. The van der Waals surface area contributed by atoms with Crippen LogP contribution in [0.25, 0.3) is 0 Å². The van der Waals surface area contributed by atoms with Crippen molar-refractivity contribution < 1.29 is 4.74 Å². The second-order valence-corrected chi connectivity index (χ2v) is 0.708. The smallest absolute Gasteiger partial charge is 0.338 e. The Balaban J connectivity index is 2.46. The maximum absolute atomic E-state index is 4.33. The average Bonchev–Trinajstić information content (AvgIpc) is 1.72. The van der Waals surface area contributed by atoms with Crippen molar-refractivity contribution in [2.75, 3.05) is 0 Å². The molecular weight excluding hydrogens is 80.0 g/mol. The van der Waals surface area contributed by atoms with Crippen LogP contribution in [-0.4, -0.2) is 12.7 Å². The van der Waals surface area contributed by atoms with Crippen LogP contribution in [0.5, 0.6) is 0 Å². The molecule has 1 rings (SSSR count). The van der Waals surface area contributed by atoms with E-state index < -0.39 is 0 Å². The van der Waals surface area contributed by atoms with Crippen LogP contribution >= 0.6 is 0 Å². The highest BCUT2D eigenvalue weighted by molar-refractivity contribution is 5.69. The summed E-state index contributed by atoms with van der Waals surface area (Å²) in [5.41, 5.74) is 0. The maximum atomic E-state index is 4.33. The Labute approximate surface area is 35.4 Å². The van der Waals surface area contributed by atoms with E-state index in [1.54, 1.807) is 0 Å². The minimum Gasteiger partial charge on any atom is -0.443 e. The Morgan fingerprint density at radius 3 is 2.83 bits per heavy atom. The summed E-state index contributed by atoms with van der Waals surface area (Å²) in [4.78, 5) is 6.86. The lowest BCUT2D eigenvalue weighted by molar-refractivity contribution is 0.413. The van der Waals surface area contributed by atoms with Crippen molar-refractivity contribution in [2.24, 2.45) is 9.98 Å². The Morgan fingerprint density at radius 1 is 1.67 bits per heavy atom. The van der Waals surface area contributed by atoms with E-state index >= 15 is 0 Å². The lowest BCUT2D eigenvalue weighted by Crippen LogP contribution is -1.86. The zero-order valence-electron chi connectivity index (χ0n) is 2.96. The first kappa shape index (κ1) is 3.33. The fraction of sp³-hybridized carbons (Fsp3) is 0. The van der Waals surface area contributed by atoms with Gasteiger partial charge in [-0.25, -0.2) is 9.98 Å². The lowest BCUT2D eigenvalue weighted by atomic mass is 11.1. The molecule has 0 aliphatic carbocycles. The molecule has 3 heteroatoms. The average molecular weight is 82.1 g/mol. The highest BCUT2D eigenvalue weighted by Gasteiger charge is 1.81. The van der Waals surface area contributed by atoms with Crippen molar-refractivity contribution in [3.05, 3.63) is 6.73 Å². The summed E-state index contributed by atoms with van der Waals surface area (Å²) in [7, 11) is 0. The van der Waals surface area contributed by atoms with E-state index in [1.165, 1.54) is 12.7 Å². The van der Waals surface area contributed by atoms with E-state index in [0.29, 0.717) is 0 Å². The molecule has 2 radical (unpaired) electrons. The molecule has 0 fully saturated rings. The van der Waals surface area contributed by atoms with Gasteiger partial charge in [0.2, 0.25) is 0 Å². The topological polar surface area (TPSA) is 34.0 Å². The molecule has 0 aromatic rings. The van der Waals surface area contributed by atoms with Gasteiger partial charge in [0.25, 0.3) is 0 Å². The predicted molar refractivity (Wildman–Crippen MR) is 21.3 cm³/mol. The first-order valence-corrected chi connectivity index (χ1v) is 1.44. The summed E-state index contributed by atoms with van der Waals surface area (Å²) in [6.45, 7) is 2.20. The number of nitrogens with zero attached hydrogens (tertiary/aromatic N) is 2. The molecule has 0 unspecified atom stereocenters. The maximum Gasteiger partial charge on any atom is 0.338 e. The highest BCUT2D eigenvalue weighted by atomic mass is 16.5. The molecule has 0 aromatic carbocycles. The number of aliphatic imine (C=N–C) groups is 2. The molecule has 0 amide bonds. The normalized spacial score (nSPS) is 17.3. The molecular formula is C3H2N2O. The summed E-state index contributed by atoms with van der Waals surface area (Å²) in [5.74, 6) is 0. The Bertz CT molecular complexity index is 74.8. The van der Waals surface area contributed by atoms with Crippen molar-refractivity contribution in [3.63, 3.8) is 0 Å². The first-order chi connectivity index (χ1) is 3.00. The fourth-order valence-corrected chi connectivity index (χ4v) is 0.169. The largest absolute Gasteiger partial charge is 0.443 e. The second kappa shape index (κ2) is 1.55. The van der Waals surface area contributed by atoms with Gasteiger partial charge in [0.05, 0.1) is 0 Å². The second-order valence-electron chi connectivity index (χ2n) is 0.708. The number of hydrogen-bond acceptors (Lipinski definition) is 3. The molecule has 0 saturated heterocycles. The van der Waals surface area contributed by atoms with Gasteiger partial charge in [-0.1, -0.05) is 0 Å². The summed E-state index contributed by atoms with van der Waals surface area (Å²) in [6.07, 6.45) is 2.61. The molecule has 0 bridgehead atoms. The van der Waals surface area contributed by atoms with Crippen LogP contribution in [0.2, 0.25) is 0 Å². The standard InChI is InChI=1S/C3H2N2O/c1-4-2-6-3-5-1/h1-2H. The lowest BCUT2D eigenvalue weighted by Gasteiger charge is -1.89. The Kier molecular flexibility index (Phi) is 0.859. The van der Waals surface area contributed by atoms with Crippen LogP contribution < -0.4 is 0 Å². The van der Waals surface area contributed by atoms with Gasteiger partial charge in [0.15, 0.2) is 6.40 Å². The van der Waals surface area contributed by atoms with Crippen molar-refractivity contribution in [1.82, 2.24) is 0 Å². The van der Waals surface area contributed by atoms with E-state index in [2.05, 4.69) is 21.5 Å². The van der Waals surface area contributed by atoms with Gasteiger partial charge in [-0.15, -0.1) is 0 Å². The van der Waals surface area contributed by atoms with Crippen LogP contribution in [0, 0.1) is 6.73 Å². The number of rotatable bonds is 0. The molecule has 1 aliphatic rings. The third-order valence-corrected chi connectivity index (χ3v) is 0.343. The zero-order chi connectivity index (χ0) is 4.24. The van der Waals surface area contributed by atoms with Gasteiger partial charge < -0.3 is 4.74 Å². The van der Waals surface area contributed by atoms with Crippen molar-refractivity contribution in [1.29, 1.82) is 0 Å². The summed E-state index contributed by atoms with van der Waals surface area (Å²) >= 11 is 0. The van der Waals surface area contributed by atoms with Crippen molar-refractivity contribution >= 4 is 12.7 Å². The van der Waals surface area contributed by atoms with E-state index in [0.717, 1.165) is 0 Å². The summed E-state index contributed by atoms with van der Waals surface area (Å²) < 4.78 is 4.33. The van der Waals surface area contributed by atoms with Gasteiger partial charge in [-0.3, -0.25) is 0 Å². The molecule has 0 spiro atoms. The molecule has 0 aromatic heterocycles. The molecule has 0 atom stereocenters. The Morgan fingerprint density at radius 2 is 2.67 bits per heavy atom. The molecule has 6 heavy (non-hydrogen) atoms. The van der Waals surface area contributed by atoms with E-state index in [1.807, 2.05) is 0 Å². The van der Waals surface area contributed by atoms with Crippen LogP contribution in [0.4, 0.5) is 0 Å². The predicted octanol–water partition coefficient (Wildman–Crippen LogP) is 0.0695. The first-order valence-electron chi connectivity index (χ1n) is 1.44. The van der Waals surface area contributed by atoms with Gasteiger partial charge in [-0.2, -0.15) is 0 Å². The molecule has 1 heterocycles. The number of hydrogen-bond donors (Lipinski definition) is 0. The van der Waals surface area contributed by atoms with Gasteiger partial charge in [0.1, 0.15) is 6.34 Å². The van der Waals surface area contributed by atoms with E-state index in [9.17, 15) is 0 Å². The fourth-order valence-electron chi connectivity index (χ4n) is 0.169. The molecule has 3 nitrogen and oxygen atoms in total. The third-order valence-electron chi connectivity index (χ3n) is 0.343. The van der Waals surface area contributed by atoms with Crippen LogP contribution in [-0.2, 0) is 4.74 Å². The molecule has 0 N–H and O–H groups in total. The van der Waals surface area contributed by atoms with Gasteiger partial charge in [0, 0.05) is 0 Å². The minimum atomic E-state index is 1.26. The van der Waals surface area contributed by atoms with E-state index in [4.69, 9.17) is 0 Å². The zero-order valence-corrected chi connectivity index (χ0v) is 2.96.